The smallest absolute Gasteiger partial charge is 0.122 e. The van der Waals surface area contributed by atoms with Gasteiger partial charge in [-0.25, -0.2) is 0 Å². The molecule has 0 spiro atoms. The van der Waals surface area contributed by atoms with Gasteiger partial charge in [-0.15, -0.1) is 0 Å². The summed E-state index contributed by atoms with van der Waals surface area (Å²) in [6, 6.07) is 0. The fourth-order valence-electron chi connectivity index (χ4n) is 0.272. The van der Waals surface area contributed by atoms with Crippen LogP contribution in [0.3, 0.4) is 0 Å². The molecular formula is C16H34OS. The quantitative estimate of drug-likeness (QED) is 0.395. The van der Waals surface area contributed by atoms with E-state index >= 15 is 0 Å². The molecule has 0 aromatic carbocycles. The molecule has 2 heteroatoms. The Bertz CT molecular complexity index is 176. The highest BCUT2D eigenvalue weighted by Gasteiger charge is 1.93. The molecule has 1 unspecified atom stereocenters. The molecule has 0 N–H and O–H groups in total. The van der Waals surface area contributed by atoms with Gasteiger partial charge in [0, 0.05) is 5.92 Å². The van der Waals surface area contributed by atoms with Crippen LogP contribution in [0.1, 0.15) is 61.8 Å². The Morgan fingerprint density at radius 3 is 1.50 bits per heavy atom. The van der Waals surface area contributed by atoms with Crippen LogP contribution < -0.4 is 0 Å². The van der Waals surface area contributed by atoms with Crippen LogP contribution >= 0.6 is 12.6 Å². The van der Waals surface area contributed by atoms with E-state index in [9.17, 15) is 4.79 Å². The number of rotatable bonds is 3. The number of aldehydes is 1. The van der Waals surface area contributed by atoms with E-state index in [4.69, 9.17) is 0 Å². The van der Waals surface area contributed by atoms with Gasteiger partial charge in [-0.3, -0.25) is 0 Å². The zero-order chi connectivity index (χ0) is 15.4. The van der Waals surface area contributed by atoms with E-state index in [-0.39, 0.29) is 5.92 Å². The van der Waals surface area contributed by atoms with E-state index in [1.54, 1.807) is 0 Å². The lowest BCUT2D eigenvalue weighted by molar-refractivity contribution is -0.110. The van der Waals surface area contributed by atoms with Crippen molar-refractivity contribution >= 4 is 18.9 Å². The van der Waals surface area contributed by atoms with Gasteiger partial charge in [0.2, 0.25) is 0 Å². The lowest BCUT2D eigenvalue weighted by Gasteiger charge is -1.94. The minimum atomic E-state index is 0.192. The Hall–Kier alpha value is -0.500. The fraction of sp³-hybridized carbons (Fsp3) is 0.688. The molecule has 0 radical (unpaired) electrons. The fourth-order valence-corrected chi connectivity index (χ4v) is 0.679. The second-order valence-electron chi connectivity index (χ2n) is 3.66. The SMILES string of the molecule is C/C=C\C.CC.CC(C=O)CCS.CC=C(C)C. The van der Waals surface area contributed by atoms with Crippen molar-refractivity contribution in [1.82, 2.24) is 0 Å². The number of allylic oxidation sites excluding steroid dienone is 4. The highest BCUT2D eigenvalue weighted by atomic mass is 32.1. The lowest BCUT2D eigenvalue weighted by Crippen LogP contribution is -1.94. The number of carbonyl (C=O) groups excluding carboxylic acids is 1. The molecule has 0 fully saturated rings. The molecule has 110 valence electrons. The van der Waals surface area contributed by atoms with Crippen LogP contribution in [-0.4, -0.2) is 12.0 Å². The standard InChI is InChI=1S/C5H10OS.C5H10.C4H8.C2H6/c1-5(4-6)2-3-7;1-4-5(2)3;1-3-4-2;1-2/h4-5,7H,2-3H2,1H3;4H,1-3H3;3-4H,1-2H3;1-2H3/b;;4-3-;. The first kappa shape index (κ1) is 26.1. The Kier molecular flexibility index (Phi) is 43.5. The van der Waals surface area contributed by atoms with E-state index in [0.717, 1.165) is 18.5 Å². The van der Waals surface area contributed by atoms with E-state index in [1.807, 2.05) is 53.7 Å². The summed E-state index contributed by atoms with van der Waals surface area (Å²) in [5, 5.41) is 0. The molecule has 0 amide bonds. The lowest BCUT2D eigenvalue weighted by atomic mass is 10.1. The average molecular weight is 275 g/mol. The van der Waals surface area contributed by atoms with Crippen molar-refractivity contribution in [3.8, 4) is 0 Å². The van der Waals surface area contributed by atoms with E-state index in [1.165, 1.54) is 5.57 Å². The van der Waals surface area contributed by atoms with Crippen molar-refractivity contribution in [2.24, 2.45) is 5.92 Å². The van der Waals surface area contributed by atoms with E-state index in [0.29, 0.717) is 0 Å². The molecule has 1 nitrogen and oxygen atoms in total. The predicted molar refractivity (Wildman–Crippen MR) is 90.6 cm³/mol. The average Bonchev–Trinajstić information content (AvgIpc) is 2.42. The highest BCUT2D eigenvalue weighted by Crippen LogP contribution is 1.96. The third-order valence-corrected chi connectivity index (χ3v) is 1.99. The van der Waals surface area contributed by atoms with Crippen LogP contribution in [0.25, 0.3) is 0 Å². The summed E-state index contributed by atoms with van der Waals surface area (Å²) in [4.78, 5) is 9.86. The summed E-state index contributed by atoms with van der Waals surface area (Å²) in [5.74, 6) is 0.998. The van der Waals surface area contributed by atoms with Crippen molar-refractivity contribution < 1.29 is 4.79 Å². The maximum atomic E-state index is 9.86. The number of hydrogen-bond donors (Lipinski definition) is 1. The Morgan fingerprint density at radius 2 is 1.44 bits per heavy atom. The number of carbonyl (C=O) groups is 1. The molecular weight excluding hydrogens is 240 g/mol. The Labute approximate surface area is 121 Å². The molecule has 0 rings (SSSR count). The maximum Gasteiger partial charge on any atom is 0.122 e. The monoisotopic (exact) mass is 274 g/mol. The molecule has 0 aliphatic rings. The van der Waals surface area contributed by atoms with Gasteiger partial charge in [0.1, 0.15) is 6.29 Å². The minimum Gasteiger partial charge on any atom is -0.303 e. The second-order valence-corrected chi connectivity index (χ2v) is 4.11. The topological polar surface area (TPSA) is 17.1 Å². The van der Waals surface area contributed by atoms with Crippen LogP contribution in [0.4, 0.5) is 0 Å². The van der Waals surface area contributed by atoms with Gasteiger partial charge in [0.25, 0.3) is 0 Å². The van der Waals surface area contributed by atoms with Crippen LogP contribution in [0.5, 0.6) is 0 Å². The molecule has 0 saturated carbocycles. The summed E-state index contributed by atoms with van der Waals surface area (Å²) in [6.45, 7) is 16.1. The third kappa shape index (κ3) is 57.9. The first-order chi connectivity index (χ1) is 8.49. The zero-order valence-electron chi connectivity index (χ0n) is 13.7. The summed E-state index contributed by atoms with van der Waals surface area (Å²) < 4.78 is 0. The molecule has 0 aromatic rings. The Balaban J connectivity index is -0.0000000791. The van der Waals surface area contributed by atoms with Gasteiger partial charge in [0.15, 0.2) is 0 Å². The van der Waals surface area contributed by atoms with Crippen LogP contribution in [0.2, 0.25) is 0 Å². The molecule has 0 aliphatic carbocycles. The van der Waals surface area contributed by atoms with Crippen molar-refractivity contribution in [2.45, 2.75) is 61.8 Å². The number of thiol groups is 1. The maximum absolute atomic E-state index is 9.86. The number of hydrogen-bond acceptors (Lipinski definition) is 2. The van der Waals surface area contributed by atoms with Crippen molar-refractivity contribution in [3.63, 3.8) is 0 Å². The van der Waals surface area contributed by atoms with Crippen molar-refractivity contribution in [3.05, 3.63) is 23.8 Å². The summed E-state index contributed by atoms with van der Waals surface area (Å²) in [6.07, 6.45) is 7.93. The second kappa shape index (κ2) is 30.0. The molecule has 0 saturated heterocycles. The van der Waals surface area contributed by atoms with Crippen molar-refractivity contribution in [1.29, 1.82) is 0 Å². The minimum absolute atomic E-state index is 0.192. The third-order valence-electron chi connectivity index (χ3n) is 1.73. The first-order valence-electron chi connectivity index (χ1n) is 6.72. The molecule has 0 aromatic heterocycles. The molecule has 18 heavy (non-hydrogen) atoms. The molecule has 0 bridgehead atoms. The van der Waals surface area contributed by atoms with Gasteiger partial charge in [-0.2, -0.15) is 12.6 Å². The summed E-state index contributed by atoms with van der Waals surface area (Å²) >= 11 is 3.96. The van der Waals surface area contributed by atoms with Crippen LogP contribution in [-0.2, 0) is 4.79 Å². The molecule has 0 aliphatic heterocycles. The van der Waals surface area contributed by atoms with Crippen LogP contribution in [0, 0.1) is 5.92 Å². The highest BCUT2D eigenvalue weighted by molar-refractivity contribution is 7.80. The molecule has 1 atom stereocenters. The van der Waals surface area contributed by atoms with E-state index < -0.39 is 0 Å². The normalized spacial score (nSPS) is 9.61. The first-order valence-corrected chi connectivity index (χ1v) is 7.36. The largest absolute Gasteiger partial charge is 0.303 e. The van der Waals surface area contributed by atoms with Gasteiger partial charge in [-0.05, 0) is 46.8 Å². The van der Waals surface area contributed by atoms with Crippen molar-refractivity contribution in [2.75, 3.05) is 5.75 Å². The van der Waals surface area contributed by atoms with Crippen LogP contribution in [0.15, 0.2) is 23.8 Å². The van der Waals surface area contributed by atoms with Gasteiger partial charge >= 0.3 is 0 Å². The predicted octanol–water partition coefficient (Wildman–Crippen LogP) is 5.72. The van der Waals surface area contributed by atoms with Gasteiger partial charge in [-0.1, -0.05) is 44.6 Å². The van der Waals surface area contributed by atoms with Gasteiger partial charge in [0.05, 0.1) is 0 Å². The van der Waals surface area contributed by atoms with Gasteiger partial charge < -0.3 is 4.79 Å². The summed E-state index contributed by atoms with van der Waals surface area (Å²) in [5.41, 5.74) is 1.38. The van der Waals surface area contributed by atoms with E-state index in [2.05, 4.69) is 32.6 Å². The Morgan fingerprint density at radius 1 is 1.11 bits per heavy atom. The summed E-state index contributed by atoms with van der Waals surface area (Å²) in [7, 11) is 0. The molecule has 0 heterocycles. The zero-order valence-corrected chi connectivity index (χ0v) is 14.6.